The first-order valence-corrected chi connectivity index (χ1v) is 12.1. The maximum absolute atomic E-state index is 13.7. The van der Waals surface area contributed by atoms with Crippen LogP contribution in [0, 0.1) is 0 Å². The van der Waals surface area contributed by atoms with Crippen molar-refractivity contribution in [2.24, 2.45) is 0 Å². The molecule has 0 spiro atoms. The molecule has 7 heteroatoms. The number of carbonyl (C=O) groups is 2. The van der Waals surface area contributed by atoms with E-state index in [1.165, 1.54) is 0 Å². The number of para-hydroxylation sites is 1. The van der Waals surface area contributed by atoms with Gasteiger partial charge < -0.3 is 19.9 Å². The van der Waals surface area contributed by atoms with Gasteiger partial charge in [-0.2, -0.15) is 0 Å². The van der Waals surface area contributed by atoms with E-state index in [0.717, 1.165) is 24.2 Å². The molecule has 7 nitrogen and oxygen atoms in total. The molecule has 0 unspecified atom stereocenters. The van der Waals surface area contributed by atoms with Crippen LogP contribution in [0.25, 0.3) is 0 Å². The number of likely N-dealkylation sites (N-methyl/N-ethyl adjacent to an activating group) is 1. The van der Waals surface area contributed by atoms with Crippen LogP contribution in [0.1, 0.15) is 55.5 Å². The summed E-state index contributed by atoms with van der Waals surface area (Å²) in [5, 5.41) is 12.5. The summed E-state index contributed by atoms with van der Waals surface area (Å²) in [6, 6.07) is 16.5. The van der Waals surface area contributed by atoms with Gasteiger partial charge in [-0.3, -0.25) is 9.69 Å². The highest BCUT2D eigenvalue weighted by atomic mass is 16.5. The minimum absolute atomic E-state index is 0.00261. The van der Waals surface area contributed by atoms with Gasteiger partial charge in [-0.1, -0.05) is 44.2 Å². The minimum atomic E-state index is -0.953. The topological polar surface area (TPSA) is 88.1 Å². The van der Waals surface area contributed by atoms with Gasteiger partial charge in [0.15, 0.2) is 0 Å². The Morgan fingerprint density at radius 3 is 2.18 bits per heavy atom. The van der Waals surface area contributed by atoms with Crippen LogP contribution in [0.3, 0.4) is 0 Å². The summed E-state index contributed by atoms with van der Waals surface area (Å²) >= 11 is 0. The lowest BCUT2D eigenvalue weighted by Crippen LogP contribution is -2.62. The van der Waals surface area contributed by atoms with Gasteiger partial charge in [0.05, 0.1) is 11.1 Å². The summed E-state index contributed by atoms with van der Waals surface area (Å²) in [5.41, 5.74) is 0.124. The van der Waals surface area contributed by atoms with Crippen LogP contribution in [0.2, 0.25) is 0 Å². The molecule has 4 rings (SSSR count). The molecular weight excluding hydrogens is 432 g/mol. The first-order valence-electron chi connectivity index (χ1n) is 12.1. The standard InChI is InChI=1S/C25H30N2O5.C2H6/c1-27(15-18-32-21-5-3-2-4-6-21)25(13-16-31-17-14-25)23(30)26-24(11-12-24)20-9-7-19(8-10-20)22(28)29;1-2/h2-10H,11-18H2,1H3,(H,26,30)(H,28,29);1-2H3. The van der Waals surface area contributed by atoms with Gasteiger partial charge in [0.25, 0.3) is 0 Å². The summed E-state index contributed by atoms with van der Waals surface area (Å²) in [7, 11) is 1.97. The van der Waals surface area contributed by atoms with E-state index in [-0.39, 0.29) is 11.5 Å². The molecule has 1 aliphatic carbocycles. The van der Waals surface area contributed by atoms with Crippen LogP contribution < -0.4 is 10.1 Å². The predicted octanol–water partition coefficient (Wildman–Crippen LogP) is 4.08. The number of nitrogens with zero attached hydrogens (tertiary/aromatic N) is 1. The minimum Gasteiger partial charge on any atom is -0.492 e. The Kier molecular flexibility index (Phi) is 8.69. The molecule has 2 fully saturated rings. The zero-order valence-corrected chi connectivity index (χ0v) is 20.4. The van der Waals surface area contributed by atoms with E-state index >= 15 is 0 Å². The van der Waals surface area contributed by atoms with E-state index in [1.807, 2.05) is 63.4 Å². The van der Waals surface area contributed by atoms with Crippen molar-refractivity contribution in [1.29, 1.82) is 0 Å². The van der Waals surface area contributed by atoms with E-state index in [2.05, 4.69) is 10.2 Å². The Labute approximate surface area is 202 Å². The first-order chi connectivity index (χ1) is 16.5. The van der Waals surface area contributed by atoms with Gasteiger partial charge in [-0.25, -0.2) is 4.79 Å². The Hall–Kier alpha value is -2.90. The van der Waals surface area contributed by atoms with E-state index in [4.69, 9.17) is 14.6 Å². The lowest BCUT2D eigenvalue weighted by molar-refractivity contribution is -0.140. The van der Waals surface area contributed by atoms with Gasteiger partial charge in [0.1, 0.15) is 17.9 Å². The van der Waals surface area contributed by atoms with Crippen molar-refractivity contribution in [3.8, 4) is 5.75 Å². The first kappa shape index (κ1) is 25.7. The number of aromatic carboxylic acids is 1. The molecule has 1 heterocycles. The smallest absolute Gasteiger partial charge is 0.335 e. The molecule has 0 radical (unpaired) electrons. The monoisotopic (exact) mass is 468 g/mol. The largest absolute Gasteiger partial charge is 0.492 e. The Bertz CT molecular complexity index is 935. The number of amides is 1. The van der Waals surface area contributed by atoms with E-state index < -0.39 is 17.0 Å². The Morgan fingerprint density at radius 2 is 1.62 bits per heavy atom. The van der Waals surface area contributed by atoms with Crippen LogP contribution in [0.5, 0.6) is 5.75 Å². The molecule has 1 amide bonds. The van der Waals surface area contributed by atoms with Crippen molar-refractivity contribution in [2.45, 2.75) is 50.6 Å². The maximum atomic E-state index is 13.7. The van der Waals surface area contributed by atoms with Gasteiger partial charge in [0, 0.05) is 19.8 Å². The van der Waals surface area contributed by atoms with Crippen molar-refractivity contribution in [3.63, 3.8) is 0 Å². The van der Waals surface area contributed by atoms with Crippen molar-refractivity contribution in [1.82, 2.24) is 10.2 Å². The molecule has 34 heavy (non-hydrogen) atoms. The number of ether oxygens (including phenoxy) is 2. The molecule has 1 aliphatic heterocycles. The third-order valence-corrected chi connectivity index (χ3v) is 6.70. The summed E-state index contributed by atoms with van der Waals surface area (Å²) in [5.74, 6) is -0.137. The molecule has 1 saturated carbocycles. The highest BCUT2D eigenvalue weighted by Gasteiger charge is 2.51. The number of hydrogen-bond acceptors (Lipinski definition) is 5. The highest BCUT2D eigenvalue weighted by molar-refractivity contribution is 5.88. The molecule has 184 valence electrons. The van der Waals surface area contributed by atoms with E-state index in [9.17, 15) is 9.59 Å². The maximum Gasteiger partial charge on any atom is 0.335 e. The van der Waals surface area contributed by atoms with Crippen LogP contribution in [-0.4, -0.2) is 60.8 Å². The fraction of sp³-hybridized carbons (Fsp3) is 0.481. The third-order valence-electron chi connectivity index (χ3n) is 6.70. The van der Waals surface area contributed by atoms with Crippen LogP contribution in [0.15, 0.2) is 54.6 Å². The van der Waals surface area contributed by atoms with Gasteiger partial charge >= 0.3 is 5.97 Å². The third kappa shape index (κ3) is 5.77. The average Bonchev–Trinajstić information content (AvgIpc) is 3.66. The second kappa shape index (κ2) is 11.5. The molecular formula is C27H36N2O5. The van der Waals surface area contributed by atoms with Gasteiger partial charge in [-0.05, 0) is 62.6 Å². The second-order valence-electron chi connectivity index (χ2n) is 8.65. The van der Waals surface area contributed by atoms with E-state index in [1.54, 1.807) is 12.1 Å². The van der Waals surface area contributed by atoms with Crippen molar-refractivity contribution in [3.05, 3.63) is 65.7 Å². The molecule has 2 N–H and O–H groups in total. The van der Waals surface area contributed by atoms with Crippen molar-refractivity contribution in [2.75, 3.05) is 33.4 Å². The van der Waals surface area contributed by atoms with Crippen LogP contribution in [0.4, 0.5) is 0 Å². The molecule has 1 saturated heterocycles. The number of carbonyl (C=O) groups excluding carboxylic acids is 1. The fourth-order valence-corrected chi connectivity index (χ4v) is 4.40. The number of rotatable bonds is 9. The zero-order chi connectivity index (χ0) is 24.6. The quantitative estimate of drug-likeness (QED) is 0.577. The summed E-state index contributed by atoms with van der Waals surface area (Å²) in [4.78, 5) is 26.9. The molecule has 0 atom stereocenters. The van der Waals surface area contributed by atoms with Crippen molar-refractivity contribution < 1.29 is 24.2 Å². The number of carboxylic acid groups (broad SMARTS) is 1. The fourth-order valence-electron chi connectivity index (χ4n) is 4.40. The lowest BCUT2D eigenvalue weighted by Gasteiger charge is -2.43. The highest BCUT2D eigenvalue weighted by Crippen LogP contribution is 2.46. The predicted molar refractivity (Wildman–Crippen MR) is 131 cm³/mol. The van der Waals surface area contributed by atoms with Crippen LogP contribution in [-0.2, 0) is 15.1 Å². The zero-order valence-electron chi connectivity index (χ0n) is 20.4. The SMILES string of the molecule is CC.CN(CCOc1ccccc1)C1(C(=O)NC2(c3ccc(C(=O)O)cc3)CC2)CCOCC1. The number of carboxylic acids is 1. The molecule has 0 bridgehead atoms. The summed E-state index contributed by atoms with van der Waals surface area (Å²) < 4.78 is 11.4. The Morgan fingerprint density at radius 1 is 1.00 bits per heavy atom. The summed E-state index contributed by atoms with van der Waals surface area (Å²) in [6.45, 7) is 6.18. The molecule has 2 aliphatic rings. The summed E-state index contributed by atoms with van der Waals surface area (Å²) in [6.07, 6.45) is 2.93. The molecule has 0 aromatic heterocycles. The average molecular weight is 469 g/mol. The van der Waals surface area contributed by atoms with E-state index in [0.29, 0.717) is 39.2 Å². The number of nitrogens with one attached hydrogen (secondary N) is 1. The van der Waals surface area contributed by atoms with Gasteiger partial charge in [0.2, 0.25) is 5.91 Å². The normalized spacial score (nSPS) is 17.8. The van der Waals surface area contributed by atoms with Gasteiger partial charge in [-0.15, -0.1) is 0 Å². The van der Waals surface area contributed by atoms with Crippen LogP contribution >= 0.6 is 0 Å². The number of benzene rings is 2. The number of hydrogen-bond donors (Lipinski definition) is 2. The Balaban J connectivity index is 0.00000158. The second-order valence-corrected chi connectivity index (χ2v) is 8.65. The lowest BCUT2D eigenvalue weighted by atomic mass is 9.86. The van der Waals surface area contributed by atoms with Crippen molar-refractivity contribution >= 4 is 11.9 Å². The molecule has 2 aromatic carbocycles. The molecule has 2 aromatic rings.